The van der Waals surface area contributed by atoms with E-state index in [9.17, 15) is 0 Å². The number of aliphatic imine (C=N–C) groups is 1. The first-order chi connectivity index (χ1) is 12.2. The number of morpholine rings is 1. The lowest BCUT2D eigenvalue weighted by Crippen LogP contribution is -2.38. The molecule has 1 aromatic rings. The highest BCUT2D eigenvalue weighted by Crippen LogP contribution is 2.13. The van der Waals surface area contributed by atoms with Crippen LogP contribution in [-0.2, 0) is 17.8 Å². The summed E-state index contributed by atoms with van der Waals surface area (Å²) in [6.45, 7) is 11.0. The summed E-state index contributed by atoms with van der Waals surface area (Å²) < 4.78 is 5.44. The smallest absolute Gasteiger partial charge is 0.191 e. The van der Waals surface area contributed by atoms with Gasteiger partial charge in [-0.1, -0.05) is 38.1 Å². The number of rotatable bonds is 8. The van der Waals surface area contributed by atoms with Gasteiger partial charge in [-0.25, -0.2) is 0 Å². The van der Waals surface area contributed by atoms with Gasteiger partial charge >= 0.3 is 0 Å². The van der Waals surface area contributed by atoms with Gasteiger partial charge in [-0.15, -0.1) is 24.0 Å². The third-order valence-electron chi connectivity index (χ3n) is 4.54. The summed E-state index contributed by atoms with van der Waals surface area (Å²) in [5, 5.41) is 6.85. The van der Waals surface area contributed by atoms with Crippen molar-refractivity contribution in [1.29, 1.82) is 0 Å². The van der Waals surface area contributed by atoms with Gasteiger partial charge < -0.3 is 15.4 Å². The van der Waals surface area contributed by atoms with Crippen molar-refractivity contribution in [3.63, 3.8) is 0 Å². The standard InChI is InChI=1S/C20H34N4O.HI/c1-17(2)7-6-10-22-20(21-3)23-15-18-8-4-5-9-19(18)16-24-11-13-25-14-12-24;/h4-5,8-9,17H,6-7,10-16H2,1-3H3,(H2,21,22,23);1H. The van der Waals surface area contributed by atoms with Crippen LogP contribution in [0.3, 0.4) is 0 Å². The molecule has 2 N–H and O–H groups in total. The van der Waals surface area contributed by atoms with Gasteiger partial charge in [-0.3, -0.25) is 9.89 Å². The molecular formula is C20H35IN4O. The largest absolute Gasteiger partial charge is 0.379 e. The molecule has 2 rings (SSSR count). The van der Waals surface area contributed by atoms with E-state index in [0.717, 1.165) is 57.8 Å². The predicted molar refractivity (Wildman–Crippen MR) is 120 cm³/mol. The zero-order chi connectivity index (χ0) is 17.9. The minimum atomic E-state index is 0. The van der Waals surface area contributed by atoms with Crippen LogP contribution in [0.5, 0.6) is 0 Å². The second-order valence-electron chi connectivity index (χ2n) is 7.05. The number of nitrogens with one attached hydrogen (secondary N) is 2. The third-order valence-corrected chi connectivity index (χ3v) is 4.54. The van der Waals surface area contributed by atoms with Gasteiger partial charge in [-0.05, 0) is 29.9 Å². The zero-order valence-corrected chi connectivity index (χ0v) is 18.8. The van der Waals surface area contributed by atoms with E-state index in [2.05, 4.69) is 58.6 Å². The predicted octanol–water partition coefficient (Wildman–Crippen LogP) is 3.24. The van der Waals surface area contributed by atoms with Crippen LogP contribution in [0.25, 0.3) is 0 Å². The molecule has 148 valence electrons. The molecule has 1 fully saturated rings. The Labute approximate surface area is 176 Å². The molecule has 1 aromatic carbocycles. The normalized spacial score (nSPS) is 15.6. The van der Waals surface area contributed by atoms with Crippen LogP contribution in [0, 0.1) is 5.92 Å². The van der Waals surface area contributed by atoms with Crippen LogP contribution < -0.4 is 10.6 Å². The van der Waals surface area contributed by atoms with E-state index in [1.54, 1.807) is 0 Å². The molecule has 0 unspecified atom stereocenters. The highest BCUT2D eigenvalue weighted by Gasteiger charge is 2.12. The SMILES string of the molecule is CN=C(NCCCC(C)C)NCc1ccccc1CN1CCOCC1.I. The Kier molecular flexibility index (Phi) is 11.9. The topological polar surface area (TPSA) is 48.9 Å². The molecule has 0 spiro atoms. The lowest BCUT2D eigenvalue weighted by Gasteiger charge is -2.27. The number of nitrogens with zero attached hydrogens (tertiary/aromatic N) is 2. The maximum Gasteiger partial charge on any atom is 0.191 e. The van der Waals surface area contributed by atoms with E-state index >= 15 is 0 Å². The Morgan fingerprint density at radius 2 is 1.85 bits per heavy atom. The maximum absolute atomic E-state index is 5.44. The van der Waals surface area contributed by atoms with Crippen molar-refractivity contribution < 1.29 is 4.74 Å². The zero-order valence-electron chi connectivity index (χ0n) is 16.5. The molecule has 0 amide bonds. The molecule has 1 heterocycles. The second-order valence-corrected chi connectivity index (χ2v) is 7.05. The molecule has 0 saturated carbocycles. The van der Waals surface area contributed by atoms with Crippen LogP contribution in [0.4, 0.5) is 0 Å². The van der Waals surface area contributed by atoms with Crippen LogP contribution >= 0.6 is 24.0 Å². The van der Waals surface area contributed by atoms with Crippen molar-refractivity contribution in [1.82, 2.24) is 15.5 Å². The molecule has 0 bridgehead atoms. The molecule has 1 aliphatic heterocycles. The fourth-order valence-electron chi connectivity index (χ4n) is 3.00. The fourth-order valence-corrected chi connectivity index (χ4v) is 3.00. The molecular weight excluding hydrogens is 439 g/mol. The Morgan fingerprint density at radius 3 is 2.50 bits per heavy atom. The number of halogens is 1. The summed E-state index contributed by atoms with van der Waals surface area (Å²) in [5.41, 5.74) is 2.71. The van der Waals surface area contributed by atoms with Gasteiger partial charge in [0.1, 0.15) is 0 Å². The minimum Gasteiger partial charge on any atom is -0.379 e. The van der Waals surface area contributed by atoms with E-state index in [1.807, 2.05) is 7.05 Å². The fraction of sp³-hybridized carbons (Fsp3) is 0.650. The van der Waals surface area contributed by atoms with E-state index in [-0.39, 0.29) is 24.0 Å². The number of benzene rings is 1. The van der Waals surface area contributed by atoms with Crippen LogP contribution in [0.2, 0.25) is 0 Å². The minimum absolute atomic E-state index is 0. The van der Waals surface area contributed by atoms with Gasteiger partial charge in [0.15, 0.2) is 5.96 Å². The average Bonchev–Trinajstić information content (AvgIpc) is 2.63. The van der Waals surface area contributed by atoms with E-state index in [4.69, 9.17) is 4.74 Å². The average molecular weight is 474 g/mol. The second kappa shape index (κ2) is 13.3. The molecule has 26 heavy (non-hydrogen) atoms. The Hall–Kier alpha value is -0.860. The number of hydrogen-bond acceptors (Lipinski definition) is 3. The number of hydrogen-bond donors (Lipinski definition) is 2. The van der Waals surface area contributed by atoms with E-state index < -0.39 is 0 Å². The quantitative estimate of drug-likeness (QED) is 0.263. The van der Waals surface area contributed by atoms with Crippen LogP contribution in [0.1, 0.15) is 37.8 Å². The van der Waals surface area contributed by atoms with Gasteiger partial charge in [0, 0.05) is 39.8 Å². The van der Waals surface area contributed by atoms with E-state index in [0.29, 0.717) is 0 Å². The van der Waals surface area contributed by atoms with Gasteiger partial charge in [0.05, 0.1) is 13.2 Å². The lowest BCUT2D eigenvalue weighted by molar-refractivity contribution is 0.0341. The summed E-state index contributed by atoms with van der Waals surface area (Å²) >= 11 is 0. The first-order valence-corrected chi connectivity index (χ1v) is 9.50. The first-order valence-electron chi connectivity index (χ1n) is 9.50. The van der Waals surface area contributed by atoms with Crippen LogP contribution in [-0.4, -0.2) is 50.8 Å². The third kappa shape index (κ3) is 8.68. The first kappa shape index (κ1) is 23.2. The summed E-state index contributed by atoms with van der Waals surface area (Å²) in [6, 6.07) is 8.66. The molecule has 0 aliphatic carbocycles. The molecule has 0 atom stereocenters. The van der Waals surface area contributed by atoms with Crippen molar-refractivity contribution in [3.05, 3.63) is 35.4 Å². The maximum atomic E-state index is 5.44. The highest BCUT2D eigenvalue weighted by molar-refractivity contribution is 14.0. The lowest BCUT2D eigenvalue weighted by atomic mass is 10.1. The van der Waals surface area contributed by atoms with Crippen molar-refractivity contribution in [2.45, 2.75) is 39.8 Å². The van der Waals surface area contributed by atoms with E-state index in [1.165, 1.54) is 24.0 Å². The molecule has 5 nitrogen and oxygen atoms in total. The number of ether oxygens (including phenoxy) is 1. The molecule has 6 heteroatoms. The van der Waals surface area contributed by atoms with Gasteiger partial charge in [0.25, 0.3) is 0 Å². The molecule has 1 aliphatic rings. The summed E-state index contributed by atoms with van der Waals surface area (Å²) in [7, 11) is 1.83. The van der Waals surface area contributed by atoms with Crippen molar-refractivity contribution in [2.75, 3.05) is 39.9 Å². The van der Waals surface area contributed by atoms with Crippen molar-refractivity contribution in [2.24, 2.45) is 10.9 Å². The molecule has 0 radical (unpaired) electrons. The summed E-state index contributed by atoms with van der Waals surface area (Å²) in [4.78, 5) is 6.79. The van der Waals surface area contributed by atoms with Gasteiger partial charge in [-0.2, -0.15) is 0 Å². The van der Waals surface area contributed by atoms with Crippen molar-refractivity contribution in [3.8, 4) is 0 Å². The highest BCUT2D eigenvalue weighted by atomic mass is 127. The Morgan fingerprint density at radius 1 is 1.15 bits per heavy atom. The Bertz CT molecular complexity index is 530. The van der Waals surface area contributed by atoms with Gasteiger partial charge in [0.2, 0.25) is 0 Å². The summed E-state index contributed by atoms with van der Waals surface area (Å²) in [6.07, 6.45) is 2.42. The van der Waals surface area contributed by atoms with Crippen molar-refractivity contribution >= 4 is 29.9 Å². The molecule has 0 aromatic heterocycles. The monoisotopic (exact) mass is 474 g/mol. The molecule has 1 saturated heterocycles. The summed E-state index contributed by atoms with van der Waals surface area (Å²) in [5.74, 6) is 1.63. The number of guanidine groups is 1. The van der Waals surface area contributed by atoms with Crippen LogP contribution in [0.15, 0.2) is 29.3 Å². The Balaban J connectivity index is 0.00000338.